The van der Waals surface area contributed by atoms with Crippen LogP contribution in [0.3, 0.4) is 0 Å². The van der Waals surface area contributed by atoms with E-state index >= 15 is 0 Å². The number of hydrogen-bond acceptors (Lipinski definition) is 2. The average molecular weight is 897 g/mol. The van der Waals surface area contributed by atoms with E-state index in [2.05, 4.69) is 55.2 Å². The zero-order valence-corrected chi connectivity index (χ0v) is 38.5. The maximum absolute atomic E-state index is 2.95. The summed E-state index contributed by atoms with van der Waals surface area (Å²) in [5.41, 5.74) is 9.33. The van der Waals surface area contributed by atoms with Crippen LogP contribution in [-0.4, -0.2) is 32.6 Å². The zero-order valence-electron chi connectivity index (χ0n) is 38.5. The van der Waals surface area contributed by atoms with Gasteiger partial charge in [-0.3, -0.25) is 4.90 Å². The standard InChI is InChI=1S/C71H16N2/c1-72(2)10-6-4-9(5-7-10)69-71-67-61-55-45-33-25-17-13-11-12-15-19(17)27(33)37-31-23(15)24-16(12)20-18-14(11)22-21(13)29-35(25)43-49-39(29)40-30(22)36-26(18)34-28(20)38-32(24)42-41(31)53(47(37)55)63(67)64-54(42)48(38)56-46(34)52-44(36)50(40)58-57(49)65(59(61)51(43)45)70(71,8-73(69)3)66(58)60(52)62(56)68(64)71/h4-7,69H,8H2,1-3H3. The highest BCUT2D eigenvalue weighted by molar-refractivity contribution is 6.82. The number of hydrogen-bond donors (Lipinski definition) is 0. The van der Waals surface area contributed by atoms with Gasteiger partial charge in [-0.1, -0.05) is 12.1 Å². The van der Waals surface area contributed by atoms with Crippen molar-refractivity contribution in [1.29, 1.82) is 0 Å². The van der Waals surface area contributed by atoms with Crippen LogP contribution in [0.15, 0.2) is 24.3 Å². The molecule has 1 saturated heterocycles. The Morgan fingerprint density at radius 2 is 0.479 bits per heavy atom. The summed E-state index contributed by atoms with van der Waals surface area (Å²) >= 11 is 0. The minimum Gasteiger partial charge on any atom is -0.378 e. The third kappa shape index (κ3) is 1.52. The third-order valence-corrected chi connectivity index (χ3v) is 26.6. The molecule has 310 valence electrons. The number of likely N-dealkylation sites (tertiary alicyclic amines) is 1. The molecule has 5 aliphatic rings. The first-order chi connectivity index (χ1) is 36.2. The summed E-state index contributed by atoms with van der Waals surface area (Å²) in [4.78, 5) is 5.26. The predicted molar refractivity (Wildman–Crippen MR) is 310 cm³/mol. The highest BCUT2D eigenvalue weighted by Crippen LogP contribution is 2.87. The van der Waals surface area contributed by atoms with E-state index in [1.807, 2.05) is 0 Å². The Bertz CT molecular complexity index is 7290. The quantitative estimate of drug-likeness (QED) is 0.160. The molecule has 0 radical (unpaired) electrons. The Labute approximate surface area is 400 Å². The first kappa shape index (κ1) is 27.9. The first-order valence-electron chi connectivity index (χ1n) is 27.4. The van der Waals surface area contributed by atoms with Gasteiger partial charge < -0.3 is 4.90 Å². The summed E-state index contributed by atoms with van der Waals surface area (Å²) in [7, 11) is 7.01. The molecular formula is C71H16N2. The molecule has 2 heteroatoms. The first-order valence-corrected chi connectivity index (χ1v) is 27.4. The van der Waals surface area contributed by atoms with E-state index in [0.717, 1.165) is 6.54 Å². The predicted octanol–water partition coefficient (Wildman–Crippen LogP) is 18.0. The van der Waals surface area contributed by atoms with Crippen molar-refractivity contribution in [2.24, 2.45) is 0 Å². The van der Waals surface area contributed by atoms with Crippen LogP contribution < -0.4 is 4.90 Å². The lowest BCUT2D eigenvalue weighted by Gasteiger charge is -2.52. The van der Waals surface area contributed by atoms with Crippen LogP contribution >= 0.6 is 0 Å². The van der Waals surface area contributed by atoms with Crippen LogP contribution in [0.1, 0.15) is 33.9 Å². The molecule has 0 bridgehead atoms. The van der Waals surface area contributed by atoms with Gasteiger partial charge in [0.2, 0.25) is 0 Å². The van der Waals surface area contributed by atoms with E-state index in [1.54, 1.807) is 313 Å². The van der Waals surface area contributed by atoms with Gasteiger partial charge >= 0.3 is 0 Å². The molecule has 29 aromatic rings. The van der Waals surface area contributed by atoms with Gasteiger partial charge in [-0.25, -0.2) is 0 Å². The SMILES string of the molecule is CN(C)c1ccc(C2N(C)CC34c5c6c7c8c9c%10c(c%11c%12c3c3c5c5c%13c6c6c7c7c9c9c%14c%10c%10c%11c%11c%12c%12c3c3c5c5c%13c%13c6c6c7c9c7c9c%14c%10c%10c%11c%11c%12c3c3c5c5c%13c6c7c6c9c%10c%11c3c56)C824)cc1. The van der Waals surface area contributed by atoms with Gasteiger partial charge in [-0.2, -0.15) is 0 Å². The minimum absolute atomic E-state index is 0.166. The summed E-state index contributed by atoms with van der Waals surface area (Å²) in [6.45, 7) is 1.04. The number of rotatable bonds is 2. The Balaban J connectivity index is 1.13. The normalized spacial score (nSPS) is 23.4. The van der Waals surface area contributed by atoms with Crippen molar-refractivity contribution in [2.45, 2.75) is 16.9 Å². The highest BCUT2D eigenvalue weighted by Gasteiger charge is 2.75. The van der Waals surface area contributed by atoms with Crippen LogP contribution in [0, 0.1) is 0 Å². The molecule has 0 aromatic heterocycles. The van der Waals surface area contributed by atoms with Gasteiger partial charge in [0.15, 0.2) is 0 Å². The van der Waals surface area contributed by atoms with Gasteiger partial charge in [-0.05, 0) is 338 Å². The largest absolute Gasteiger partial charge is 0.378 e. The Morgan fingerprint density at radius 3 is 0.685 bits per heavy atom. The second-order valence-corrected chi connectivity index (χ2v) is 27.3. The van der Waals surface area contributed by atoms with Gasteiger partial charge in [0, 0.05) is 32.4 Å². The van der Waals surface area contributed by atoms with Gasteiger partial charge in [-0.15, -0.1) is 0 Å². The number of likely N-dealkylation sites (N-methyl/N-ethyl adjacent to an activating group) is 1. The summed E-state index contributed by atoms with van der Waals surface area (Å²) in [6.07, 6.45) is 0. The maximum Gasteiger partial charge on any atom is 0.0575 e. The summed E-state index contributed by atoms with van der Waals surface area (Å²) in [5.74, 6) is 0. The molecule has 2 nitrogen and oxygen atoms in total. The fourth-order valence-electron chi connectivity index (χ4n) is 26.5. The van der Waals surface area contributed by atoms with E-state index in [0.29, 0.717) is 0 Å². The highest BCUT2D eigenvalue weighted by atomic mass is 15.2. The second-order valence-electron chi connectivity index (χ2n) is 27.3. The Morgan fingerprint density at radius 1 is 0.288 bits per heavy atom. The molecule has 1 heterocycles. The lowest BCUT2D eigenvalue weighted by molar-refractivity contribution is 0.271. The Hall–Kier alpha value is -8.56. The van der Waals surface area contributed by atoms with Crippen molar-refractivity contribution in [3.63, 3.8) is 0 Å². The maximum atomic E-state index is 2.95. The molecule has 1 fully saturated rings. The number of benzene rings is 19. The molecule has 0 amide bonds. The van der Waals surface area contributed by atoms with Crippen LogP contribution in [0.2, 0.25) is 0 Å². The molecule has 73 heavy (non-hydrogen) atoms. The van der Waals surface area contributed by atoms with E-state index in [4.69, 9.17) is 0 Å². The summed E-state index contributed by atoms with van der Waals surface area (Å²) in [6, 6.07) is 10.2. The van der Waals surface area contributed by atoms with Crippen LogP contribution in [0.5, 0.6) is 0 Å². The van der Waals surface area contributed by atoms with Crippen molar-refractivity contribution >= 4 is 297 Å². The zero-order chi connectivity index (χ0) is 43.9. The molecule has 2 spiro atoms. The summed E-state index contributed by atoms with van der Waals surface area (Å²) < 4.78 is 0. The monoisotopic (exact) mass is 896 g/mol. The average Bonchev–Trinajstić information content (AvgIpc) is 4.31. The molecule has 4 aliphatic carbocycles. The summed E-state index contributed by atoms with van der Waals surface area (Å²) in [5, 5.41) is 90.4. The third-order valence-electron chi connectivity index (χ3n) is 26.6. The molecule has 1 unspecified atom stereocenters. The van der Waals surface area contributed by atoms with Crippen molar-refractivity contribution in [1.82, 2.24) is 4.90 Å². The van der Waals surface area contributed by atoms with Crippen LogP contribution in [0.25, 0.3) is 291 Å². The topological polar surface area (TPSA) is 6.48 Å². The van der Waals surface area contributed by atoms with Crippen LogP contribution in [0.4, 0.5) is 5.69 Å². The number of anilines is 1. The molecular weight excluding hydrogens is 881 g/mol. The van der Waals surface area contributed by atoms with Crippen molar-refractivity contribution in [3.8, 4) is 0 Å². The molecule has 0 saturated carbocycles. The van der Waals surface area contributed by atoms with Crippen LogP contribution in [-0.2, 0) is 10.8 Å². The van der Waals surface area contributed by atoms with Gasteiger partial charge in [0.1, 0.15) is 0 Å². The van der Waals surface area contributed by atoms with Gasteiger partial charge in [0.25, 0.3) is 0 Å². The van der Waals surface area contributed by atoms with Crippen molar-refractivity contribution in [3.05, 3.63) is 52.1 Å². The second kappa shape index (κ2) is 6.34. The van der Waals surface area contributed by atoms with E-state index in [9.17, 15) is 0 Å². The Kier molecular flexibility index (Phi) is 2.42. The van der Waals surface area contributed by atoms with Crippen molar-refractivity contribution < 1.29 is 0 Å². The lowest BCUT2D eigenvalue weighted by Crippen LogP contribution is -2.51. The van der Waals surface area contributed by atoms with Crippen molar-refractivity contribution in [2.75, 3.05) is 32.6 Å². The molecule has 1 aliphatic heterocycles. The molecule has 29 aromatic carbocycles. The van der Waals surface area contributed by atoms with E-state index in [-0.39, 0.29) is 16.9 Å². The smallest absolute Gasteiger partial charge is 0.0575 e. The fourth-order valence-corrected chi connectivity index (χ4v) is 26.5. The molecule has 34 rings (SSSR count). The van der Waals surface area contributed by atoms with E-state index < -0.39 is 0 Å². The number of nitrogens with zero attached hydrogens (tertiary/aromatic N) is 2. The van der Waals surface area contributed by atoms with E-state index in [1.165, 1.54) is 11.3 Å². The molecule has 1 atom stereocenters. The fraction of sp³-hybridized carbons (Fsp3) is 0.0986. The molecule has 0 N–H and O–H groups in total. The van der Waals surface area contributed by atoms with Gasteiger partial charge in [0.05, 0.1) is 10.8 Å². The minimum atomic E-state index is -0.313. The lowest BCUT2D eigenvalue weighted by atomic mass is 9.47.